The summed E-state index contributed by atoms with van der Waals surface area (Å²) in [6.07, 6.45) is 11.9. The molecule has 1 saturated carbocycles. The van der Waals surface area contributed by atoms with Gasteiger partial charge in [0.25, 0.3) is 5.91 Å². The van der Waals surface area contributed by atoms with Crippen molar-refractivity contribution in [2.75, 3.05) is 20.1 Å². The molecular formula is C32H41N5O2. The number of likely N-dealkylation sites (tertiary alicyclic amines) is 1. The van der Waals surface area contributed by atoms with Crippen LogP contribution in [0.5, 0.6) is 5.75 Å². The molecule has 1 aromatic heterocycles. The maximum atomic E-state index is 13.6. The lowest BCUT2D eigenvalue weighted by Crippen LogP contribution is -2.40. The molecule has 39 heavy (non-hydrogen) atoms. The first-order valence-corrected chi connectivity index (χ1v) is 14.5. The van der Waals surface area contributed by atoms with Gasteiger partial charge in [0, 0.05) is 35.8 Å². The zero-order valence-electron chi connectivity index (χ0n) is 23.5. The first-order valence-electron chi connectivity index (χ1n) is 14.5. The van der Waals surface area contributed by atoms with Crippen LogP contribution < -0.4 is 10.1 Å². The Labute approximate surface area is 231 Å². The van der Waals surface area contributed by atoms with E-state index in [9.17, 15) is 4.79 Å². The molecule has 1 unspecified atom stereocenters. The van der Waals surface area contributed by atoms with E-state index in [2.05, 4.69) is 45.5 Å². The number of carbonyl (C=O) groups is 1. The molecule has 0 spiro atoms. The molecule has 1 amide bonds. The van der Waals surface area contributed by atoms with Crippen molar-refractivity contribution in [1.82, 2.24) is 20.4 Å². The number of piperidine rings is 1. The Morgan fingerprint density at radius 1 is 1.15 bits per heavy atom. The predicted molar refractivity (Wildman–Crippen MR) is 158 cm³/mol. The number of benzene rings is 2. The van der Waals surface area contributed by atoms with E-state index in [-0.39, 0.29) is 18.1 Å². The molecule has 2 heterocycles. The van der Waals surface area contributed by atoms with Gasteiger partial charge in [-0.05, 0) is 94.5 Å². The lowest BCUT2D eigenvalue weighted by atomic mass is 9.94. The Balaban J connectivity index is 1.35. The topological polar surface area (TPSA) is 82.6 Å². The average Bonchev–Trinajstić information content (AvgIpc) is 3.64. The predicted octanol–water partition coefficient (Wildman–Crippen LogP) is 6.38. The summed E-state index contributed by atoms with van der Waals surface area (Å²) in [5.74, 6) is 1.23. The summed E-state index contributed by atoms with van der Waals surface area (Å²) in [6.45, 7) is 6.18. The number of H-pyrrole nitrogens is 1. The minimum Gasteiger partial charge on any atom is -0.490 e. The number of carbonyl (C=O) groups excluding carboxylic acids is 1. The number of rotatable bonds is 9. The Hall–Kier alpha value is -3.45. The van der Waals surface area contributed by atoms with Crippen molar-refractivity contribution in [3.8, 4) is 17.0 Å². The van der Waals surface area contributed by atoms with Gasteiger partial charge in [-0.1, -0.05) is 25.8 Å². The number of amides is 1. The molecule has 7 nitrogen and oxygen atoms in total. The highest BCUT2D eigenvalue weighted by Crippen LogP contribution is 2.32. The highest BCUT2D eigenvalue weighted by Gasteiger charge is 2.29. The van der Waals surface area contributed by atoms with Crippen molar-refractivity contribution >= 4 is 23.0 Å². The molecule has 0 radical (unpaired) electrons. The number of nitrogens with zero attached hydrogens (tertiary/aromatic N) is 3. The Morgan fingerprint density at radius 2 is 1.90 bits per heavy atom. The lowest BCUT2D eigenvalue weighted by molar-refractivity contribution is 0.0930. The largest absolute Gasteiger partial charge is 0.490 e. The molecule has 2 aromatic carbocycles. The summed E-state index contributed by atoms with van der Waals surface area (Å²) < 4.78 is 6.22. The first-order chi connectivity index (χ1) is 19.1. The van der Waals surface area contributed by atoms with Gasteiger partial charge in [-0.3, -0.25) is 14.9 Å². The summed E-state index contributed by atoms with van der Waals surface area (Å²) in [4.78, 5) is 20.5. The van der Waals surface area contributed by atoms with E-state index in [4.69, 9.17) is 4.74 Å². The van der Waals surface area contributed by atoms with Gasteiger partial charge in [0.15, 0.2) is 0 Å². The third kappa shape index (κ3) is 6.41. The maximum absolute atomic E-state index is 13.6. The number of allylic oxidation sites excluding steroid dienone is 1. The summed E-state index contributed by atoms with van der Waals surface area (Å²) in [7, 11) is 2.16. The van der Waals surface area contributed by atoms with E-state index in [1.807, 2.05) is 55.6 Å². The number of aromatic nitrogens is 2. The lowest BCUT2D eigenvalue weighted by Gasteiger charge is -2.29. The van der Waals surface area contributed by atoms with Gasteiger partial charge in [-0.15, -0.1) is 0 Å². The second-order valence-corrected chi connectivity index (χ2v) is 10.9. The van der Waals surface area contributed by atoms with Crippen LogP contribution in [0.15, 0.2) is 59.2 Å². The van der Waals surface area contributed by atoms with E-state index < -0.39 is 0 Å². The van der Waals surface area contributed by atoms with Crippen molar-refractivity contribution in [2.45, 2.75) is 70.9 Å². The molecule has 1 aliphatic heterocycles. The standard InChI is InChI=1S/C32H41N5O2/c1-4-8-29(33-5-2)31(22-9-6-7-10-22)34-32(38)24-13-16-28-27(21-24)30(36-35-28)23-11-14-25(15-12-23)39-26-17-19-37(3)20-18-26/h5,8,11-16,21-22,26,31H,4,6-7,9-10,17-20H2,1-3H3,(H,34,38)(H,35,36)/b29-8-,33-5?. The third-order valence-electron chi connectivity index (χ3n) is 8.09. The fraction of sp³-hybridized carbons (Fsp3) is 0.469. The number of aromatic amines is 1. The quantitative estimate of drug-likeness (QED) is 0.317. The van der Waals surface area contributed by atoms with E-state index in [1.54, 1.807) is 0 Å². The monoisotopic (exact) mass is 527 g/mol. The third-order valence-corrected chi connectivity index (χ3v) is 8.09. The van der Waals surface area contributed by atoms with Crippen LogP contribution in [-0.4, -0.2) is 59.5 Å². The summed E-state index contributed by atoms with van der Waals surface area (Å²) in [6, 6.07) is 13.8. The molecule has 3 aromatic rings. The second kappa shape index (κ2) is 12.6. The van der Waals surface area contributed by atoms with Crippen molar-refractivity contribution in [2.24, 2.45) is 10.9 Å². The van der Waals surface area contributed by atoms with Crippen molar-refractivity contribution < 1.29 is 9.53 Å². The zero-order valence-corrected chi connectivity index (χ0v) is 23.5. The van der Waals surface area contributed by atoms with Crippen LogP contribution in [0, 0.1) is 5.92 Å². The Kier molecular flexibility index (Phi) is 8.77. The number of ether oxygens (including phenoxy) is 1. The van der Waals surface area contributed by atoms with Crippen LogP contribution in [0.4, 0.5) is 0 Å². The van der Waals surface area contributed by atoms with Crippen LogP contribution in [0.3, 0.4) is 0 Å². The van der Waals surface area contributed by atoms with Gasteiger partial charge < -0.3 is 15.0 Å². The molecule has 1 saturated heterocycles. The maximum Gasteiger partial charge on any atom is 0.251 e. The van der Waals surface area contributed by atoms with Gasteiger partial charge in [-0.25, -0.2) is 0 Å². The molecule has 0 bridgehead atoms. The molecule has 206 valence electrons. The van der Waals surface area contributed by atoms with Crippen LogP contribution in [0.1, 0.15) is 69.2 Å². The fourth-order valence-electron chi connectivity index (χ4n) is 5.93. The molecular weight excluding hydrogens is 486 g/mol. The molecule has 5 rings (SSSR count). The molecule has 2 N–H and O–H groups in total. The average molecular weight is 528 g/mol. The van der Waals surface area contributed by atoms with E-state index in [0.29, 0.717) is 11.5 Å². The molecule has 1 aliphatic carbocycles. The molecule has 7 heteroatoms. The molecule has 2 fully saturated rings. The number of hydrogen-bond acceptors (Lipinski definition) is 5. The summed E-state index contributed by atoms with van der Waals surface area (Å²) in [5, 5.41) is 12.0. The van der Waals surface area contributed by atoms with Crippen LogP contribution in [0.2, 0.25) is 0 Å². The Bertz CT molecular complexity index is 1310. The SMILES string of the molecule is CC=N/C(=C\CC)C(NC(=O)c1ccc2[nH]nc(-c3ccc(OC4CCN(C)CC4)cc3)c2c1)C1CCCC1. The summed E-state index contributed by atoms with van der Waals surface area (Å²) >= 11 is 0. The number of hydrogen-bond donors (Lipinski definition) is 2. The van der Waals surface area contributed by atoms with Crippen molar-refractivity contribution in [1.29, 1.82) is 0 Å². The van der Waals surface area contributed by atoms with E-state index >= 15 is 0 Å². The van der Waals surface area contributed by atoms with Gasteiger partial charge in [0.2, 0.25) is 0 Å². The van der Waals surface area contributed by atoms with Gasteiger partial charge in [0.1, 0.15) is 11.9 Å². The van der Waals surface area contributed by atoms with E-state index in [1.165, 1.54) is 12.8 Å². The summed E-state index contributed by atoms with van der Waals surface area (Å²) in [5.41, 5.74) is 4.33. The number of fused-ring (bicyclic) bond motifs is 1. The highest BCUT2D eigenvalue weighted by atomic mass is 16.5. The van der Waals surface area contributed by atoms with Gasteiger partial charge >= 0.3 is 0 Å². The van der Waals surface area contributed by atoms with Crippen molar-refractivity contribution in [3.63, 3.8) is 0 Å². The second-order valence-electron chi connectivity index (χ2n) is 10.9. The number of aliphatic imine (C=N–C) groups is 1. The van der Waals surface area contributed by atoms with Crippen molar-refractivity contribution in [3.05, 3.63) is 59.8 Å². The molecule has 2 aliphatic rings. The van der Waals surface area contributed by atoms with E-state index in [0.717, 1.165) is 78.8 Å². The smallest absolute Gasteiger partial charge is 0.251 e. The first kappa shape index (κ1) is 27.1. The Morgan fingerprint density at radius 3 is 2.59 bits per heavy atom. The molecule has 1 atom stereocenters. The minimum absolute atomic E-state index is 0.0730. The van der Waals surface area contributed by atoms with Crippen LogP contribution in [-0.2, 0) is 0 Å². The number of nitrogens with one attached hydrogen (secondary N) is 2. The normalized spacial score (nSPS) is 18.7. The van der Waals surface area contributed by atoms with Crippen LogP contribution >= 0.6 is 0 Å². The zero-order chi connectivity index (χ0) is 27.2. The van der Waals surface area contributed by atoms with Crippen LogP contribution in [0.25, 0.3) is 22.2 Å². The van der Waals surface area contributed by atoms with Gasteiger partial charge in [0.05, 0.1) is 22.9 Å². The fourth-order valence-corrected chi connectivity index (χ4v) is 5.93. The minimum atomic E-state index is -0.0761. The van der Waals surface area contributed by atoms with Gasteiger partial charge in [-0.2, -0.15) is 5.10 Å². The highest BCUT2D eigenvalue weighted by molar-refractivity contribution is 6.01.